The Morgan fingerprint density at radius 2 is 2.09 bits per heavy atom. The van der Waals surface area contributed by atoms with E-state index < -0.39 is 24.1 Å². The molecule has 0 spiro atoms. The number of ether oxygens (including phenoxy) is 1. The van der Waals surface area contributed by atoms with Crippen LogP contribution < -0.4 is 11.4 Å². The van der Waals surface area contributed by atoms with Gasteiger partial charge in [-0.05, 0) is 5.56 Å². The van der Waals surface area contributed by atoms with Crippen molar-refractivity contribution in [2.24, 2.45) is 0 Å². The molecular weight excluding hydrogens is 298 g/mol. The van der Waals surface area contributed by atoms with Gasteiger partial charge in [0, 0.05) is 24.6 Å². The van der Waals surface area contributed by atoms with Crippen LogP contribution in [0.5, 0.6) is 0 Å². The van der Waals surface area contributed by atoms with Crippen molar-refractivity contribution >= 4 is 5.82 Å². The molecule has 23 heavy (non-hydrogen) atoms. The molecule has 2 heterocycles. The summed E-state index contributed by atoms with van der Waals surface area (Å²) >= 11 is 0. The predicted octanol–water partition coefficient (Wildman–Crippen LogP) is 0.0570. The van der Waals surface area contributed by atoms with Gasteiger partial charge in [-0.1, -0.05) is 30.3 Å². The van der Waals surface area contributed by atoms with Gasteiger partial charge in [0.15, 0.2) is 6.23 Å². The summed E-state index contributed by atoms with van der Waals surface area (Å²) in [7, 11) is 0. The smallest absolute Gasteiger partial charge is 0.351 e. The number of nitrogens with zero attached hydrogens (tertiary/aromatic N) is 2. The molecule has 1 saturated heterocycles. The fourth-order valence-corrected chi connectivity index (χ4v) is 2.75. The molecule has 2 aromatic rings. The van der Waals surface area contributed by atoms with E-state index in [1.807, 2.05) is 30.3 Å². The van der Waals surface area contributed by atoms with Crippen LogP contribution in [0.25, 0.3) is 0 Å². The van der Waals surface area contributed by atoms with Crippen LogP contribution >= 0.6 is 0 Å². The molecule has 0 aliphatic carbocycles. The summed E-state index contributed by atoms with van der Waals surface area (Å²) in [5, 5.41) is 19.2. The average Bonchev–Trinajstić information content (AvgIpc) is 2.92. The molecule has 0 radical (unpaired) electrons. The first-order chi connectivity index (χ1) is 11.1. The van der Waals surface area contributed by atoms with Gasteiger partial charge in [0.2, 0.25) is 0 Å². The van der Waals surface area contributed by atoms with Crippen LogP contribution in [0.1, 0.15) is 23.8 Å². The minimum atomic E-state index is -0.875. The van der Waals surface area contributed by atoms with Gasteiger partial charge in [0.05, 0.1) is 12.7 Å². The van der Waals surface area contributed by atoms with E-state index in [4.69, 9.17) is 15.6 Å². The van der Waals surface area contributed by atoms with Crippen LogP contribution in [0.3, 0.4) is 0 Å². The molecule has 1 aromatic carbocycles. The van der Waals surface area contributed by atoms with Gasteiger partial charge < -0.3 is 20.7 Å². The molecule has 3 rings (SSSR count). The molecule has 1 unspecified atom stereocenters. The van der Waals surface area contributed by atoms with Crippen LogP contribution in [-0.4, -0.2) is 38.6 Å². The lowest BCUT2D eigenvalue weighted by atomic mass is 10.1. The van der Waals surface area contributed by atoms with E-state index in [0.717, 1.165) is 5.56 Å². The fourth-order valence-electron chi connectivity index (χ4n) is 2.75. The third-order valence-electron chi connectivity index (χ3n) is 3.94. The zero-order chi connectivity index (χ0) is 16.4. The number of nitrogen functional groups attached to an aromatic ring is 1. The molecule has 1 aliphatic heterocycles. The van der Waals surface area contributed by atoms with Gasteiger partial charge in [0.25, 0.3) is 0 Å². The van der Waals surface area contributed by atoms with Crippen molar-refractivity contribution < 1.29 is 14.9 Å². The number of hydrogen-bond donors (Lipinski definition) is 3. The minimum absolute atomic E-state index is 0.168. The highest BCUT2D eigenvalue weighted by atomic mass is 16.5. The second kappa shape index (κ2) is 6.49. The van der Waals surface area contributed by atoms with Crippen molar-refractivity contribution in [2.75, 3.05) is 12.3 Å². The van der Waals surface area contributed by atoms with Crippen molar-refractivity contribution in [3.63, 3.8) is 0 Å². The van der Waals surface area contributed by atoms with Crippen molar-refractivity contribution in [1.29, 1.82) is 0 Å². The maximum Gasteiger partial charge on any atom is 0.351 e. The maximum absolute atomic E-state index is 12.1. The molecule has 1 aromatic heterocycles. The molecule has 3 atom stereocenters. The second-order valence-electron chi connectivity index (χ2n) is 5.64. The molecule has 1 fully saturated rings. The molecule has 1 aliphatic rings. The number of aliphatic hydroxyl groups excluding tert-OH is 2. The number of hydrogen-bond acceptors (Lipinski definition) is 6. The summed E-state index contributed by atoms with van der Waals surface area (Å²) in [6.07, 6.45) is 0.142. The van der Waals surface area contributed by atoms with E-state index in [1.54, 1.807) is 6.20 Å². The number of anilines is 1. The molecule has 7 nitrogen and oxygen atoms in total. The van der Waals surface area contributed by atoms with Gasteiger partial charge in [-0.25, -0.2) is 4.79 Å². The standard InChI is InChI=1S/C16H19N3O4/c17-14-11(6-10-4-2-1-3-5-10)8-19(16(22)18-14)15-13(21)7-12(9-20)23-15/h1-5,8,12-13,15,20-21H,6-7,9H2,(H2,17,18,22)/t12-,13?,15+/m0/s1. The lowest BCUT2D eigenvalue weighted by Crippen LogP contribution is -2.33. The lowest BCUT2D eigenvalue weighted by molar-refractivity contribution is -0.0530. The van der Waals surface area contributed by atoms with Crippen LogP contribution in [0.2, 0.25) is 0 Å². The normalized spacial score (nSPS) is 24.0. The predicted molar refractivity (Wildman–Crippen MR) is 83.8 cm³/mol. The maximum atomic E-state index is 12.1. The SMILES string of the molecule is Nc1nc(=O)n([C@@H]2O[C@H](CO)CC2O)cc1Cc1ccccc1. The summed E-state index contributed by atoms with van der Waals surface area (Å²) in [6, 6.07) is 9.67. The molecule has 0 bridgehead atoms. The zero-order valence-electron chi connectivity index (χ0n) is 12.5. The van der Waals surface area contributed by atoms with Gasteiger partial charge >= 0.3 is 5.69 Å². The Hall–Kier alpha value is -2.22. The fraction of sp³-hybridized carbons (Fsp3) is 0.375. The molecule has 7 heteroatoms. The first-order valence-corrected chi connectivity index (χ1v) is 7.44. The second-order valence-corrected chi connectivity index (χ2v) is 5.64. The average molecular weight is 317 g/mol. The summed E-state index contributed by atoms with van der Waals surface area (Å²) < 4.78 is 6.76. The van der Waals surface area contributed by atoms with E-state index >= 15 is 0 Å². The van der Waals surface area contributed by atoms with Gasteiger partial charge in [-0.15, -0.1) is 0 Å². The van der Waals surface area contributed by atoms with Gasteiger partial charge in [-0.2, -0.15) is 4.98 Å². The van der Waals surface area contributed by atoms with Crippen LogP contribution in [-0.2, 0) is 11.2 Å². The summed E-state index contributed by atoms with van der Waals surface area (Å²) in [5.41, 5.74) is 6.99. The van der Waals surface area contributed by atoms with E-state index in [9.17, 15) is 9.90 Å². The monoisotopic (exact) mass is 317 g/mol. The molecule has 122 valence electrons. The topological polar surface area (TPSA) is 111 Å². The number of benzene rings is 1. The van der Waals surface area contributed by atoms with Crippen molar-refractivity contribution in [3.8, 4) is 0 Å². The molecule has 0 saturated carbocycles. The molecule has 4 N–H and O–H groups in total. The highest BCUT2D eigenvalue weighted by Crippen LogP contribution is 2.28. The third kappa shape index (κ3) is 3.26. The van der Waals surface area contributed by atoms with Gasteiger partial charge in [-0.3, -0.25) is 4.57 Å². The Balaban J connectivity index is 1.93. The van der Waals surface area contributed by atoms with Crippen molar-refractivity contribution in [3.05, 3.63) is 58.1 Å². The number of nitrogens with two attached hydrogens (primary N) is 1. The summed E-state index contributed by atoms with van der Waals surface area (Å²) in [4.78, 5) is 15.9. The molecular formula is C16H19N3O4. The van der Waals surface area contributed by atoms with Crippen LogP contribution in [0, 0.1) is 0 Å². The Labute approximate surface area is 133 Å². The lowest BCUT2D eigenvalue weighted by Gasteiger charge is -2.18. The first-order valence-electron chi connectivity index (χ1n) is 7.44. The summed E-state index contributed by atoms with van der Waals surface area (Å²) in [5.74, 6) is 0.168. The van der Waals surface area contributed by atoms with E-state index in [0.29, 0.717) is 12.0 Å². The van der Waals surface area contributed by atoms with Crippen molar-refractivity contribution in [2.45, 2.75) is 31.3 Å². The van der Waals surface area contributed by atoms with Gasteiger partial charge in [0.1, 0.15) is 11.9 Å². The Kier molecular flexibility index (Phi) is 4.42. The quantitative estimate of drug-likeness (QED) is 0.735. The first kappa shape index (κ1) is 15.7. The third-order valence-corrected chi connectivity index (χ3v) is 3.94. The van der Waals surface area contributed by atoms with Crippen LogP contribution in [0.4, 0.5) is 5.82 Å². The van der Waals surface area contributed by atoms with E-state index in [2.05, 4.69) is 4.98 Å². The highest BCUT2D eigenvalue weighted by Gasteiger charge is 2.35. The zero-order valence-corrected chi connectivity index (χ0v) is 12.5. The Morgan fingerprint density at radius 1 is 1.35 bits per heavy atom. The molecule has 0 amide bonds. The summed E-state index contributed by atoms with van der Waals surface area (Å²) in [6.45, 7) is -0.207. The largest absolute Gasteiger partial charge is 0.394 e. The number of aliphatic hydroxyl groups is 2. The number of rotatable bonds is 4. The van der Waals surface area contributed by atoms with Crippen LogP contribution in [0.15, 0.2) is 41.3 Å². The van der Waals surface area contributed by atoms with E-state index in [-0.39, 0.29) is 18.8 Å². The van der Waals surface area contributed by atoms with E-state index in [1.165, 1.54) is 4.57 Å². The Morgan fingerprint density at radius 3 is 2.74 bits per heavy atom. The Bertz CT molecular complexity index is 732. The highest BCUT2D eigenvalue weighted by molar-refractivity contribution is 5.40. The van der Waals surface area contributed by atoms with Crippen molar-refractivity contribution in [1.82, 2.24) is 9.55 Å². The number of aromatic nitrogens is 2. The minimum Gasteiger partial charge on any atom is -0.394 e.